The maximum Gasteiger partial charge on any atom is 0.230 e. The van der Waals surface area contributed by atoms with Crippen LogP contribution in [0.5, 0.6) is 0 Å². The van der Waals surface area contributed by atoms with Gasteiger partial charge < -0.3 is 5.73 Å². The average Bonchev–Trinajstić information content (AvgIpc) is 2.54. The van der Waals surface area contributed by atoms with Crippen molar-refractivity contribution in [3.05, 3.63) is 53.1 Å². The molecule has 0 aliphatic heterocycles. The molecule has 1 aromatic heterocycles. The van der Waals surface area contributed by atoms with Gasteiger partial charge in [0.05, 0.1) is 11.2 Å². The van der Waals surface area contributed by atoms with Crippen LogP contribution in [0.1, 0.15) is 12.5 Å². The molecule has 0 radical (unpaired) electrons. The quantitative estimate of drug-likeness (QED) is 0.504. The standard InChI is InChI=1S/C17H16ClN5/c1-2-10-3-5-11(6-4-10)15-13-9-12(18)7-8-14(13)21-17(22-15)23-16(19)20/h3-9H,2H2,1H3,(H4,19,20,21,22,23). The molecule has 0 aliphatic rings. The summed E-state index contributed by atoms with van der Waals surface area (Å²) < 4.78 is 0. The Hall–Kier alpha value is -2.66. The van der Waals surface area contributed by atoms with E-state index in [1.807, 2.05) is 24.3 Å². The van der Waals surface area contributed by atoms with Crippen LogP contribution in [0.2, 0.25) is 5.02 Å². The molecule has 0 spiro atoms. The number of hydrogen-bond acceptors (Lipinski definition) is 3. The van der Waals surface area contributed by atoms with E-state index in [-0.39, 0.29) is 5.96 Å². The first-order valence-electron chi connectivity index (χ1n) is 7.24. The molecule has 0 atom stereocenters. The molecule has 0 bridgehead atoms. The molecule has 3 rings (SSSR count). The Morgan fingerprint density at radius 2 is 1.91 bits per heavy atom. The van der Waals surface area contributed by atoms with Crippen molar-refractivity contribution in [3.8, 4) is 11.3 Å². The molecule has 0 saturated carbocycles. The van der Waals surface area contributed by atoms with Gasteiger partial charge in [-0.25, -0.2) is 9.97 Å². The Labute approximate surface area is 139 Å². The van der Waals surface area contributed by atoms with Gasteiger partial charge in [0.25, 0.3) is 0 Å². The maximum atomic E-state index is 7.37. The first-order chi connectivity index (χ1) is 11.1. The third-order valence-electron chi connectivity index (χ3n) is 3.54. The van der Waals surface area contributed by atoms with E-state index in [1.165, 1.54) is 5.56 Å². The Morgan fingerprint density at radius 1 is 1.17 bits per heavy atom. The fourth-order valence-electron chi connectivity index (χ4n) is 2.40. The summed E-state index contributed by atoms with van der Waals surface area (Å²) in [5.74, 6) is 0.0903. The molecule has 2 aromatic carbocycles. The van der Waals surface area contributed by atoms with E-state index >= 15 is 0 Å². The second-order valence-corrected chi connectivity index (χ2v) is 5.58. The summed E-state index contributed by atoms with van der Waals surface area (Å²) in [6.45, 7) is 2.11. The zero-order chi connectivity index (χ0) is 16.4. The molecule has 0 fully saturated rings. The molecule has 0 saturated heterocycles. The van der Waals surface area contributed by atoms with E-state index in [4.69, 9.17) is 22.7 Å². The number of nitrogens with two attached hydrogens (primary N) is 1. The molecule has 0 amide bonds. The molecule has 4 N–H and O–H groups in total. The predicted octanol–water partition coefficient (Wildman–Crippen LogP) is 3.82. The molecule has 1 heterocycles. The van der Waals surface area contributed by atoms with Crippen LogP contribution in [0.4, 0.5) is 5.95 Å². The number of rotatable bonds is 3. The SMILES string of the molecule is CCc1ccc(-c2nc(NC(=N)N)nc3ccc(Cl)cc23)cc1. The molecular formula is C17H16ClN5. The second-order valence-electron chi connectivity index (χ2n) is 5.15. The van der Waals surface area contributed by atoms with Crippen molar-refractivity contribution in [2.75, 3.05) is 5.32 Å². The van der Waals surface area contributed by atoms with Gasteiger partial charge in [-0.05, 0) is 30.2 Å². The Kier molecular flexibility index (Phi) is 4.12. The molecule has 6 heteroatoms. The van der Waals surface area contributed by atoms with Crippen molar-refractivity contribution in [1.29, 1.82) is 5.41 Å². The summed E-state index contributed by atoms with van der Waals surface area (Å²) in [5, 5.41) is 11.5. The minimum Gasteiger partial charge on any atom is -0.370 e. The number of fused-ring (bicyclic) bond motifs is 1. The smallest absolute Gasteiger partial charge is 0.230 e. The lowest BCUT2D eigenvalue weighted by atomic mass is 10.0. The highest BCUT2D eigenvalue weighted by atomic mass is 35.5. The van der Waals surface area contributed by atoms with Gasteiger partial charge in [0.2, 0.25) is 5.95 Å². The lowest BCUT2D eigenvalue weighted by Gasteiger charge is -2.10. The van der Waals surface area contributed by atoms with Gasteiger partial charge in [-0.3, -0.25) is 10.7 Å². The minimum absolute atomic E-state index is 0.203. The van der Waals surface area contributed by atoms with Crippen LogP contribution in [0.15, 0.2) is 42.5 Å². The van der Waals surface area contributed by atoms with Crippen LogP contribution in [-0.4, -0.2) is 15.9 Å². The third-order valence-corrected chi connectivity index (χ3v) is 3.77. The van der Waals surface area contributed by atoms with E-state index in [0.717, 1.165) is 28.6 Å². The van der Waals surface area contributed by atoms with Gasteiger partial charge >= 0.3 is 0 Å². The van der Waals surface area contributed by atoms with Crippen molar-refractivity contribution >= 4 is 34.4 Å². The molecular weight excluding hydrogens is 310 g/mol. The summed E-state index contributed by atoms with van der Waals surface area (Å²) in [5.41, 5.74) is 9.10. The van der Waals surface area contributed by atoms with Crippen LogP contribution < -0.4 is 11.1 Å². The van der Waals surface area contributed by atoms with Crippen molar-refractivity contribution in [1.82, 2.24) is 9.97 Å². The average molecular weight is 326 g/mol. The van der Waals surface area contributed by atoms with Crippen molar-refractivity contribution in [3.63, 3.8) is 0 Å². The van der Waals surface area contributed by atoms with E-state index < -0.39 is 0 Å². The molecule has 116 valence electrons. The number of nitrogens with zero attached hydrogens (tertiary/aromatic N) is 2. The number of guanidine groups is 1. The highest BCUT2D eigenvalue weighted by molar-refractivity contribution is 6.31. The highest BCUT2D eigenvalue weighted by Gasteiger charge is 2.11. The number of benzene rings is 2. The Balaban J connectivity index is 2.22. The van der Waals surface area contributed by atoms with E-state index in [0.29, 0.717) is 11.0 Å². The summed E-state index contributed by atoms with van der Waals surface area (Å²) in [7, 11) is 0. The van der Waals surface area contributed by atoms with E-state index in [9.17, 15) is 0 Å². The highest BCUT2D eigenvalue weighted by Crippen LogP contribution is 2.29. The largest absolute Gasteiger partial charge is 0.370 e. The molecule has 0 aliphatic carbocycles. The topological polar surface area (TPSA) is 87.7 Å². The van der Waals surface area contributed by atoms with Crippen LogP contribution in [0.3, 0.4) is 0 Å². The summed E-state index contributed by atoms with van der Waals surface area (Å²) in [6.07, 6.45) is 0.980. The van der Waals surface area contributed by atoms with Crippen LogP contribution in [-0.2, 0) is 6.42 Å². The monoisotopic (exact) mass is 325 g/mol. The number of halogens is 1. The Bertz CT molecular complexity index is 874. The van der Waals surface area contributed by atoms with Gasteiger partial charge in [0.15, 0.2) is 5.96 Å². The molecule has 23 heavy (non-hydrogen) atoms. The fourth-order valence-corrected chi connectivity index (χ4v) is 2.57. The fraction of sp³-hybridized carbons (Fsp3) is 0.118. The van der Waals surface area contributed by atoms with Crippen molar-refractivity contribution in [2.24, 2.45) is 5.73 Å². The van der Waals surface area contributed by atoms with Crippen LogP contribution in [0, 0.1) is 5.41 Å². The first kappa shape index (κ1) is 15.2. The maximum absolute atomic E-state index is 7.37. The van der Waals surface area contributed by atoms with E-state index in [2.05, 4.69) is 34.3 Å². The molecule has 3 aromatic rings. The molecule has 5 nitrogen and oxygen atoms in total. The minimum atomic E-state index is -0.203. The van der Waals surface area contributed by atoms with Crippen molar-refractivity contribution < 1.29 is 0 Å². The normalized spacial score (nSPS) is 10.7. The van der Waals surface area contributed by atoms with Gasteiger partial charge in [0, 0.05) is 16.0 Å². The number of hydrogen-bond donors (Lipinski definition) is 3. The molecule has 0 unspecified atom stereocenters. The van der Waals surface area contributed by atoms with E-state index in [1.54, 1.807) is 6.07 Å². The van der Waals surface area contributed by atoms with Gasteiger partial charge in [-0.15, -0.1) is 0 Å². The summed E-state index contributed by atoms with van der Waals surface area (Å²) in [4.78, 5) is 8.88. The van der Waals surface area contributed by atoms with Gasteiger partial charge in [0.1, 0.15) is 0 Å². The Morgan fingerprint density at radius 3 is 2.57 bits per heavy atom. The first-order valence-corrected chi connectivity index (χ1v) is 7.62. The number of aromatic nitrogens is 2. The lowest BCUT2D eigenvalue weighted by Crippen LogP contribution is -2.22. The second kappa shape index (κ2) is 6.22. The van der Waals surface area contributed by atoms with Gasteiger partial charge in [-0.1, -0.05) is 42.8 Å². The van der Waals surface area contributed by atoms with Crippen molar-refractivity contribution in [2.45, 2.75) is 13.3 Å². The van der Waals surface area contributed by atoms with Crippen LogP contribution >= 0.6 is 11.6 Å². The number of nitrogens with one attached hydrogen (secondary N) is 2. The number of aryl methyl sites for hydroxylation is 1. The summed E-state index contributed by atoms with van der Waals surface area (Å²) in [6, 6.07) is 13.7. The zero-order valence-corrected chi connectivity index (χ0v) is 13.4. The predicted molar refractivity (Wildman–Crippen MR) is 94.9 cm³/mol. The van der Waals surface area contributed by atoms with Gasteiger partial charge in [-0.2, -0.15) is 0 Å². The zero-order valence-electron chi connectivity index (χ0n) is 12.6. The van der Waals surface area contributed by atoms with Crippen LogP contribution in [0.25, 0.3) is 22.2 Å². The third kappa shape index (κ3) is 3.24. The lowest BCUT2D eigenvalue weighted by molar-refractivity contribution is 1.14. The number of anilines is 1. The summed E-state index contributed by atoms with van der Waals surface area (Å²) >= 11 is 6.12.